The molecule has 0 aliphatic carbocycles. The molecule has 4 rings (SSSR count). The molecule has 3 atom stereocenters. The van der Waals surface area contributed by atoms with Crippen LogP contribution in [0.15, 0.2) is 18.2 Å². The minimum atomic E-state index is -0.501. The molecule has 0 saturated heterocycles. The Balaban J connectivity index is 1.84. The highest BCUT2D eigenvalue weighted by atomic mass is 16.7. The van der Waals surface area contributed by atoms with Gasteiger partial charge in [-0.2, -0.15) is 0 Å². The molecule has 0 spiro atoms. The molecule has 0 fully saturated rings. The van der Waals surface area contributed by atoms with Crippen LogP contribution in [0.2, 0.25) is 0 Å². The fourth-order valence-electron chi connectivity index (χ4n) is 5.08. The number of fused-ring (bicyclic) bond motifs is 3. The van der Waals surface area contributed by atoms with Gasteiger partial charge in [0, 0.05) is 62.0 Å². The van der Waals surface area contributed by atoms with Crippen LogP contribution in [0, 0.1) is 17.8 Å². The van der Waals surface area contributed by atoms with Crippen LogP contribution in [-0.4, -0.2) is 68.9 Å². The van der Waals surface area contributed by atoms with E-state index in [1.807, 2.05) is 37.1 Å². The molecule has 11 nitrogen and oxygen atoms in total. The van der Waals surface area contributed by atoms with Crippen molar-refractivity contribution >= 4 is 41.5 Å². The first-order chi connectivity index (χ1) is 18.4. The summed E-state index contributed by atoms with van der Waals surface area (Å²) in [5.41, 5.74) is 3.94. The number of benzene rings is 1. The Kier molecular flexibility index (Phi) is 8.57. The molecule has 11 heteroatoms. The van der Waals surface area contributed by atoms with Crippen LogP contribution in [0.25, 0.3) is 16.6 Å². The van der Waals surface area contributed by atoms with E-state index in [-0.39, 0.29) is 44.2 Å². The van der Waals surface area contributed by atoms with Crippen molar-refractivity contribution in [3.63, 3.8) is 0 Å². The lowest BCUT2D eigenvalue weighted by Crippen LogP contribution is -2.33. The van der Waals surface area contributed by atoms with Crippen LogP contribution in [0.1, 0.15) is 30.2 Å². The van der Waals surface area contributed by atoms with Gasteiger partial charge >= 0.3 is 0 Å². The fourth-order valence-corrected chi connectivity index (χ4v) is 5.08. The van der Waals surface area contributed by atoms with Gasteiger partial charge in [0.25, 0.3) is 0 Å². The number of carbonyl (C=O) groups is 4. The van der Waals surface area contributed by atoms with E-state index in [0.717, 1.165) is 34.8 Å². The third kappa shape index (κ3) is 5.33. The minimum absolute atomic E-state index is 0.112. The summed E-state index contributed by atoms with van der Waals surface area (Å²) in [4.78, 5) is 53.8. The molecule has 2 aliphatic heterocycles. The van der Waals surface area contributed by atoms with E-state index in [9.17, 15) is 19.2 Å². The van der Waals surface area contributed by atoms with Gasteiger partial charge in [-0.1, -0.05) is 13.0 Å². The Hall–Kier alpha value is -3.99. The zero-order valence-electron chi connectivity index (χ0n) is 21.7. The van der Waals surface area contributed by atoms with Gasteiger partial charge in [0.05, 0.1) is 30.1 Å². The third-order valence-corrected chi connectivity index (χ3v) is 7.08. The Morgan fingerprint density at radius 2 is 1.92 bits per heavy atom. The SMILES string of the molecule is CC[C@@H](C=O)C(/C=C1/c2nc3cc4c(cc3c(CNC(=O)CNC=O)c2CN1C)OCO4)C(C=O)COC. The van der Waals surface area contributed by atoms with Crippen molar-refractivity contribution in [2.24, 2.45) is 17.8 Å². The minimum Gasteiger partial charge on any atom is -0.454 e. The molecule has 0 bridgehead atoms. The number of rotatable bonds is 13. The van der Waals surface area contributed by atoms with E-state index in [2.05, 4.69) is 10.6 Å². The number of allylic oxidation sites excluding steroid dienone is 1. The first-order valence-corrected chi connectivity index (χ1v) is 12.5. The molecule has 2 aromatic rings. The highest BCUT2D eigenvalue weighted by Gasteiger charge is 2.33. The molecule has 2 amide bonds. The Morgan fingerprint density at radius 1 is 1.18 bits per heavy atom. The smallest absolute Gasteiger partial charge is 0.239 e. The summed E-state index contributed by atoms with van der Waals surface area (Å²) in [6.07, 6.45) is 4.74. The second-order valence-electron chi connectivity index (χ2n) is 9.36. The number of hydrogen-bond donors (Lipinski definition) is 2. The summed E-state index contributed by atoms with van der Waals surface area (Å²) in [7, 11) is 3.45. The van der Waals surface area contributed by atoms with Crippen LogP contribution in [-0.2, 0) is 37.0 Å². The number of carbonyl (C=O) groups excluding carboxylic acids is 4. The molecule has 2 unspecified atom stereocenters. The summed E-state index contributed by atoms with van der Waals surface area (Å²) < 4.78 is 16.4. The number of nitrogens with zero attached hydrogens (tertiary/aromatic N) is 2. The molecule has 1 aromatic carbocycles. The maximum Gasteiger partial charge on any atom is 0.239 e. The van der Waals surface area contributed by atoms with E-state index in [4.69, 9.17) is 19.2 Å². The lowest BCUT2D eigenvalue weighted by atomic mass is 9.80. The molecule has 38 heavy (non-hydrogen) atoms. The zero-order chi connectivity index (χ0) is 27.2. The van der Waals surface area contributed by atoms with Crippen LogP contribution in [0.5, 0.6) is 11.5 Å². The van der Waals surface area contributed by atoms with E-state index in [1.54, 1.807) is 0 Å². The quantitative estimate of drug-likeness (QED) is 0.373. The van der Waals surface area contributed by atoms with Crippen LogP contribution >= 0.6 is 0 Å². The first kappa shape index (κ1) is 27.1. The zero-order valence-corrected chi connectivity index (χ0v) is 21.7. The Bertz CT molecular complexity index is 1260. The predicted octanol–water partition coefficient (Wildman–Crippen LogP) is 1.41. The highest BCUT2D eigenvalue weighted by Crippen LogP contribution is 2.42. The van der Waals surface area contributed by atoms with Crippen LogP contribution < -0.4 is 20.1 Å². The molecule has 0 radical (unpaired) electrons. The number of hydrogen-bond acceptors (Lipinski definition) is 9. The second kappa shape index (κ2) is 12.0. The molecule has 3 heterocycles. The largest absolute Gasteiger partial charge is 0.454 e. The van der Waals surface area contributed by atoms with Gasteiger partial charge in [-0.25, -0.2) is 4.98 Å². The fraction of sp³-hybridized carbons (Fsp3) is 0.444. The third-order valence-electron chi connectivity index (χ3n) is 7.08. The molecule has 2 N–H and O–H groups in total. The maximum absolute atomic E-state index is 12.3. The molecule has 0 saturated carbocycles. The van der Waals surface area contributed by atoms with Gasteiger partial charge in [0.2, 0.25) is 19.1 Å². The summed E-state index contributed by atoms with van der Waals surface area (Å²) in [6.45, 7) is 2.81. The van der Waals surface area contributed by atoms with Crippen molar-refractivity contribution in [1.29, 1.82) is 0 Å². The van der Waals surface area contributed by atoms with Crippen LogP contribution in [0.4, 0.5) is 0 Å². The van der Waals surface area contributed by atoms with E-state index in [0.29, 0.717) is 42.1 Å². The van der Waals surface area contributed by atoms with Crippen molar-refractivity contribution in [2.75, 3.05) is 34.1 Å². The number of aromatic nitrogens is 1. The average Bonchev–Trinajstić information content (AvgIpc) is 3.50. The summed E-state index contributed by atoms with van der Waals surface area (Å²) in [5.74, 6) is -0.407. The average molecular weight is 525 g/mol. The number of aldehydes is 2. The lowest BCUT2D eigenvalue weighted by Gasteiger charge is -2.26. The number of amides is 2. The van der Waals surface area contributed by atoms with Crippen molar-refractivity contribution in [1.82, 2.24) is 20.5 Å². The van der Waals surface area contributed by atoms with Gasteiger partial charge in [-0.3, -0.25) is 9.59 Å². The number of methoxy groups -OCH3 is 1. The first-order valence-electron chi connectivity index (χ1n) is 12.5. The van der Waals surface area contributed by atoms with Gasteiger partial charge in [0.1, 0.15) is 12.6 Å². The van der Waals surface area contributed by atoms with Crippen LogP contribution in [0.3, 0.4) is 0 Å². The molecule has 202 valence electrons. The normalized spacial score (nSPS) is 17.1. The van der Waals surface area contributed by atoms with E-state index in [1.165, 1.54) is 7.11 Å². The predicted molar refractivity (Wildman–Crippen MR) is 138 cm³/mol. The van der Waals surface area contributed by atoms with Crippen molar-refractivity contribution < 1.29 is 33.4 Å². The number of nitrogens with one attached hydrogen (secondary N) is 2. The Labute approximate surface area is 220 Å². The summed E-state index contributed by atoms with van der Waals surface area (Å²) in [6, 6.07) is 3.67. The lowest BCUT2D eigenvalue weighted by molar-refractivity contribution is -0.122. The standard InChI is InChI=1S/C27H32N4O7/c1-4-16(11-32)18(17(12-33)13-36-3)5-23-27-21(10-31(23)2)20(8-29-26(35)9-28-14-34)19-6-24-25(38-15-37-24)7-22(19)30-27/h5-7,11-12,14,16-18H,4,8-10,13,15H2,1-3H3,(H,28,34)(H,29,35)/b23-5-/t16-,17?,18?/m0/s1. The maximum atomic E-state index is 12.3. The molecule has 1 aromatic heterocycles. The van der Waals surface area contributed by atoms with Gasteiger partial charge in [-0.05, 0) is 18.1 Å². The molecular weight excluding hydrogens is 492 g/mol. The topological polar surface area (TPSA) is 136 Å². The van der Waals surface area contributed by atoms with Gasteiger partial charge in [-0.15, -0.1) is 0 Å². The highest BCUT2D eigenvalue weighted by molar-refractivity contribution is 5.91. The second-order valence-corrected chi connectivity index (χ2v) is 9.36. The monoisotopic (exact) mass is 524 g/mol. The van der Waals surface area contributed by atoms with E-state index < -0.39 is 5.92 Å². The number of pyridine rings is 1. The van der Waals surface area contributed by atoms with E-state index >= 15 is 0 Å². The molecule has 2 aliphatic rings. The van der Waals surface area contributed by atoms with Gasteiger partial charge in [0.15, 0.2) is 11.5 Å². The van der Waals surface area contributed by atoms with Crippen molar-refractivity contribution in [3.8, 4) is 11.5 Å². The Morgan fingerprint density at radius 3 is 2.58 bits per heavy atom. The molecular formula is C27H32N4O7. The summed E-state index contributed by atoms with van der Waals surface area (Å²) in [5, 5.41) is 6.04. The summed E-state index contributed by atoms with van der Waals surface area (Å²) >= 11 is 0. The van der Waals surface area contributed by atoms with Crippen molar-refractivity contribution in [3.05, 3.63) is 35.0 Å². The van der Waals surface area contributed by atoms with Gasteiger partial charge < -0.3 is 39.3 Å². The van der Waals surface area contributed by atoms with Crippen molar-refractivity contribution in [2.45, 2.75) is 26.4 Å². The number of ether oxygens (including phenoxy) is 3.